The van der Waals surface area contributed by atoms with Crippen LogP contribution in [-0.2, 0) is 16.1 Å². The number of ether oxygens (including phenoxy) is 1. The van der Waals surface area contributed by atoms with Crippen LogP contribution in [0.15, 0.2) is 42.0 Å². The van der Waals surface area contributed by atoms with E-state index in [2.05, 4.69) is 57.2 Å². The van der Waals surface area contributed by atoms with Crippen molar-refractivity contribution in [2.24, 2.45) is 34.0 Å². The molecule has 168 valence electrons. The van der Waals surface area contributed by atoms with Crippen molar-refractivity contribution in [3.8, 4) is 0 Å². The van der Waals surface area contributed by atoms with Crippen molar-refractivity contribution in [3.63, 3.8) is 0 Å². The zero-order valence-corrected chi connectivity index (χ0v) is 20.0. The Morgan fingerprint density at radius 1 is 1.00 bits per heavy atom. The first-order valence-electron chi connectivity index (χ1n) is 12.6. The van der Waals surface area contributed by atoms with Gasteiger partial charge < -0.3 is 4.74 Å². The van der Waals surface area contributed by atoms with Gasteiger partial charge in [0.1, 0.15) is 5.78 Å². The van der Waals surface area contributed by atoms with Gasteiger partial charge in [-0.05, 0) is 92.4 Å². The van der Waals surface area contributed by atoms with Crippen molar-refractivity contribution in [3.05, 3.63) is 47.5 Å². The lowest BCUT2D eigenvalue weighted by molar-refractivity contribution is -0.138. The Morgan fingerprint density at radius 2 is 1.74 bits per heavy atom. The molecular formula is C29H40O2. The number of fused-ring (bicyclic) bond motifs is 5. The number of carbonyl (C=O) groups is 1. The van der Waals surface area contributed by atoms with Gasteiger partial charge in [-0.1, -0.05) is 62.8 Å². The molecule has 0 bridgehead atoms. The van der Waals surface area contributed by atoms with Crippen LogP contribution in [0, 0.1) is 34.0 Å². The molecule has 1 aromatic rings. The van der Waals surface area contributed by atoms with E-state index in [1.165, 1.54) is 44.1 Å². The van der Waals surface area contributed by atoms with Crippen molar-refractivity contribution in [2.45, 2.75) is 91.8 Å². The molecule has 4 aliphatic carbocycles. The Hall–Kier alpha value is -1.41. The lowest BCUT2D eigenvalue weighted by Crippen LogP contribution is -2.53. The third-order valence-electron chi connectivity index (χ3n) is 10.8. The van der Waals surface area contributed by atoms with E-state index < -0.39 is 0 Å². The Bertz CT molecular complexity index is 872. The fourth-order valence-corrected chi connectivity index (χ4v) is 8.40. The third kappa shape index (κ3) is 3.19. The maximum absolute atomic E-state index is 12.7. The van der Waals surface area contributed by atoms with Crippen molar-refractivity contribution in [1.82, 2.24) is 0 Å². The van der Waals surface area contributed by atoms with Crippen LogP contribution in [-0.4, -0.2) is 11.9 Å². The van der Waals surface area contributed by atoms with E-state index >= 15 is 0 Å². The summed E-state index contributed by atoms with van der Waals surface area (Å²) in [5.41, 5.74) is 3.36. The predicted molar refractivity (Wildman–Crippen MR) is 126 cm³/mol. The number of carbonyl (C=O) groups excluding carboxylic acids is 1. The van der Waals surface area contributed by atoms with E-state index in [4.69, 9.17) is 4.74 Å². The molecule has 3 saturated carbocycles. The number of ketones is 1. The molecule has 0 heterocycles. The van der Waals surface area contributed by atoms with Gasteiger partial charge in [0.15, 0.2) is 0 Å². The highest BCUT2D eigenvalue weighted by molar-refractivity contribution is 5.83. The fraction of sp³-hybridized carbons (Fsp3) is 0.690. The van der Waals surface area contributed by atoms with Crippen molar-refractivity contribution < 1.29 is 9.53 Å². The second-order valence-electron chi connectivity index (χ2n) is 11.8. The quantitative estimate of drug-likeness (QED) is 0.484. The maximum atomic E-state index is 12.7. The molecule has 0 radical (unpaired) electrons. The molecule has 31 heavy (non-hydrogen) atoms. The van der Waals surface area contributed by atoms with E-state index in [1.54, 1.807) is 5.57 Å². The smallest absolute Gasteiger partial charge is 0.136 e. The van der Waals surface area contributed by atoms with Crippen LogP contribution in [0.2, 0.25) is 0 Å². The standard InChI is InChI=1S/C29H40O2/c1-20(30)28(3)16-14-26-24-11-10-22-18-23(31-19-21-8-6-5-7-9-21)12-15-27(22,2)25(24)13-17-29(26,28)4/h5-10,23-26H,11-19H2,1-4H3/t23?,24?,25?,26?,27?,28-,29?/m1/s1. The summed E-state index contributed by atoms with van der Waals surface area (Å²) < 4.78 is 6.36. The van der Waals surface area contributed by atoms with Gasteiger partial charge in [-0.3, -0.25) is 4.79 Å². The first-order chi connectivity index (χ1) is 14.8. The lowest BCUT2D eigenvalue weighted by atomic mass is 9.45. The minimum Gasteiger partial charge on any atom is -0.373 e. The molecule has 2 heteroatoms. The molecule has 0 spiro atoms. The number of allylic oxidation sites excluding steroid dienone is 1. The van der Waals surface area contributed by atoms with Crippen molar-refractivity contribution >= 4 is 5.78 Å². The Kier molecular flexibility index (Phi) is 5.24. The van der Waals surface area contributed by atoms with E-state index in [0.717, 1.165) is 31.3 Å². The second kappa shape index (κ2) is 7.58. The van der Waals surface area contributed by atoms with Crippen LogP contribution >= 0.6 is 0 Å². The van der Waals surface area contributed by atoms with Crippen LogP contribution in [0.3, 0.4) is 0 Å². The van der Waals surface area contributed by atoms with Gasteiger partial charge in [0.25, 0.3) is 0 Å². The summed E-state index contributed by atoms with van der Waals surface area (Å²) in [7, 11) is 0. The molecule has 2 nitrogen and oxygen atoms in total. The number of hydrogen-bond donors (Lipinski definition) is 0. The van der Waals surface area contributed by atoms with Crippen LogP contribution in [0.1, 0.15) is 84.6 Å². The zero-order chi connectivity index (χ0) is 21.9. The Morgan fingerprint density at radius 3 is 2.48 bits per heavy atom. The molecule has 1 aromatic carbocycles. The lowest BCUT2D eigenvalue weighted by Gasteiger charge is -2.59. The highest BCUT2D eigenvalue weighted by atomic mass is 16.5. The normalized spacial score (nSPS) is 44.1. The third-order valence-corrected chi connectivity index (χ3v) is 10.8. The molecular weight excluding hydrogens is 380 g/mol. The Labute approximate surface area is 188 Å². The highest BCUT2D eigenvalue weighted by Gasteiger charge is 2.63. The van der Waals surface area contributed by atoms with Gasteiger partial charge in [-0.2, -0.15) is 0 Å². The van der Waals surface area contributed by atoms with Gasteiger partial charge in [-0.25, -0.2) is 0 Å². The van der Waals surface area contributed by atoms with Crippen molar-refractivity contribution in [2.75, 3.05) is 0 Å². The average molecular weight is 421 g/mol. The molecule has 0 N–H and O–H groups in total. The highest BCUT2D eigenvalue weighted by Crippen LogP contribution is 2.69. The number of benzene rings is 1. The topological polar surface area (TPSA) is 26.3 Å². The molecule has 0 amide bonds. The summed E-state index contributed by atoms with van der Waals surface area (Å²) in [6.45, 7) is 9.86. The van der Waals surface area contributed by atoms with E-state index in [-0.39, 0.29) is 10.8 Å². The summed E-state index contributed by atoms with van der Waals surface area (Å²) >= 11 is 0. The summed E-state index contributed by atoms with van der Waals surface area (Å²) in [5, 5.41) is 0. The number of hydrogen-bond acceptors (Lipinski definition) is 2. The summed E-state index contributed by atoms with van der Waals surface area (Å²) in [5.74, 6) is 2.68. The molecule has 0 saturated heterocycles. The zero-order valence-electron chi connectivity index (χ0n) is 20.0. The van der Waals surface area contributed by atoms with Crippen molar-refractivity contribution in [1.29, 1.82) is 0 Å². The summed E-state index contributed by atoms with van der Waals surface area (Å²) in [4.78, 5) is 12.7. The minimum absolute atomic E-state index is 0.115. The first-order valence-corrected chi connectivity index (χ1v) is 12.6. The molecule has 0 aromatic heterocycles. The minimum atomic E-state index is -0.115. The first kappa shape index (κ1) is 21.4. The largest absolute Gasteiger partial charge is 0.373 e. The van der Waals surface area contributed by atoms with Gasteiger partial charge in [0.2, 0.25) is 0 Å². The fourth-order valence-electron chi connectivity index (χ4n) is 8.40. The average Bonchev–Trinajstić information content (AvgIpc) is 3.05. The second-order valence-corrected chi connectivity index (χ2v) is 11.8. The molecule has 0 aliphatic heterocycles. The molecule has 3 fully saturated rings. The van der Waals surface area contributed by atoms with E-state index in [1.807, 2.05) is 6.92 Å². The monoisotopic (exact) mass is 420 g/mol. The molecule has 7 atom stereocenters. The van der Waals surface area contributed by atoms with Crippen LogP contribution in [0.25, 0.3) is 0 Å². The molecule has 6 unspecified atom stereocenters. The van der Waals surface area contributed by atoms with Crippen LogP contribution < -0.4 is 0 Å². The predicted octanol–water partition coefficient (Wildman–Crippen LogP) is 7.13. The van der Waals surface area contributed by atoms with Gasteiger partial charge in [0.05, 0.1) is 12.7 Å². The van der Waals surface area contributed by atoms with E-state index in [0.29, 0.717) is 23.2 Å². The van der Waals surface area contributed by atoms with Gasteiger partial charge in [0, 0.05) is 5.41 Å². The van der Waals surface area contributed by atoms with Gasteiger partial charge in [-0.15, -0.1) is 0 Å². The maximum Gasteiger partial charge on any atom is 0.136 e. The van der Waals surface area contributed by atoms with Gasteiger partial charge >= 0.3 is 0 Å². The Balaban J connectivity index is 1.32. The van der Waals surface area contributed by atoms with E-state index in [9.17, 15) is 4.79 Å². The molecule has 5 rings (SSSR count). The van der Waals surface area contributed by atoms with Crippen LogP contribution in [0.4, 0.5) is 0 Å². The molecule has 4 aliphatic rings. The van der Waals surface area contributed by atoms with Crippen LogP contribution in [0.5, 0.6) is 0 Å². The summed E-state index contributed by atoms with van der Waals surface area (Å²) in [6.07, 6.45) is 12.6. The summed E-state index contributed by atoms with van der Waals surface area (Å²) in [6, 6.07) is 10.6. The SMILES string of the molecule is CC(=O)[C@@]1(C)CCC2C3CC=C4CC(OCc5ccccc5)CCC4(C)C3CCC21C. The number of Topliss-reactive ketones (excluding diaryl/α,β-unsaturated/α-hetero) is 1. The number of rotatable bonds is 4.